The molecule has 3 aromatic rings. The quantitative estimate of drug-likeness (QED) is 0.213. The first-order valence-corrected chi connectivity index (χ1v) is 16.8. The molecule has 0 radical (unpaired) electrons. The predicted molar refractivity (Wildman–Crippen MR) is 170 cm³/mol. The largest absolute Gasteiger partial charge is 0.466 e. The summed E-state index contributed by atoms with van der Waals surface area (Å²) in [4.78, 5) is 28.7. The van der Waals surface area contributed by atoms with Crippen molar-refractivity contribution in [2.75, 3.05) is 20.3 Å². The number of carbonyl (C=O) groups excluding carboxylic acids is 2. The Morgan fingerprint density at radius 3 is 1.95 bits per heavy atom. The van der Waals surface area contributed by atoms with Gasteiger partial charge < -0.3 is 18.8 Å². The Morgan fingerprint density at radius 1 is 0.881 bits per heavy atom. The second-order valence-electron chi connectivity index (χ2n) is 12.6. The van der Waals surface area contributed by atoms with Gasteiger partial charge in [0.15, 0.2) is 0 Å². The van der Waals surface area contributed by atoms with Crippen LogP contribution in [0.2, 0.25) is 5.04 Å². The molecule has 3 aromatic carbocycles. The Morgan fingerprint density at radius 2 is 1.43 bits per heavy atom. The normalized spacial score (nSPS) is 16.4. The molecule has 0 spiro atoms. The maximum Gasteiger partial charge on any atom is 0.411 e. The number of amides is 1. The number of fused-ring (bicyclic) bond motifs is 1. The van der Waals surface area contributed by atoms with Crippen LogP contribution in [-0.4, -0.2) is 57.2 Å². The lowest BCUT2D eigenvalue weighted by molar-refractivity contribution is -0.164. The zero-order valence-corrected chi connectivity index (χ0v) is 27.1. The fourth-order valence-corrected chi connectivity index (χ4v) is 11.0. The van der Waals surface area contributed by atoms with Gasteiger partial charge in [-0.2, -0.15) is 0 Å². The van der Waals surface area contributed by atoms with E-state index in [-0.39, 0.29) is 17.0 Å². The molecule has 1 aliphatic carbocycles. The van der Waals surface area contributed by atoms with Crippen LogP contribution in [0, 0.1) is 0 Å². The van der Waals surface area contributed by atoms with Crippen molar-refractivity contribution in [3.8, 4) is 0 Å². The van der Waals surface area contributed by atoms with E-state index in [1.165, 1.54) is 23.0 Å². The molecule has 6 nitrogen and oxygen atoms in total. The highest BCUT2D eigenvalue weighted by molar-refractivity contribution is 6.99. The molecule has 0 N–H and O–H groups in total. The van der Waals surface area contributed by atoms with E-state index in [1.807, 2.05) is 44.2 Å². The zero-order chi connectivity index (χ0) is 30.5. The Kier molecular flexibility index (Phi) is 9.63. The van der Waals surface area contributed by atoms with Gasteiger partial charge in [0.1, 0.15) is 0 Å². The third-order valence-corrected chi connectivity index (χ3v) is 13.7. The molecule has 1 unspecified atom stereocenters. The minimum Gasteiger partial charge on any atom is -0.466 e. The predicted octanol–water partition coefficient (Wildman–Crippen LogP) is 6.07. The molecule has 0 aliphatic heterocycles. The van der Waals surface area contributed by atoms with Gasteiger partial charge in [0, 0.05) is 18.5 Å². The summed E-state index contributed by atoms with van der Waals surface area (Å²) in [6.45, 7) is 12.9. The topological polar surface area (TPSA) is 65.1 Å². The molecular formula is C35H45NO5Si. The number of rotatable bonds is 10. The molecule has 0 fully saturated rings. The lowest BCUT2D eigenvalue weighted by Crippen LogP contribution is -2.67. The molecule has 0 bridgehead atoms. The Balaban J connectivity index is 1.60. The van der Waals surface area contributed by atoms with Crippen LogP contribution in [0.3, 0.4) is 0 Å². The van der Waals surface area contributed by atoms with Crippen molar-refractivity contribution in [2.24, 2.45) is 0 Å². The van der Waals surface area contributed by atoms with Crippen LogP contribution in [0.4, 0.5) is 4.79 Å². The molecule has 0 heterocycles. The lowest BCUT2D eigenvalue weighted by atomic mass is 9.84. The molecule has 224 valence electrons. The van der Waals surface area contributed by atoms with E-state index in [4.69, 9.17) is 13.9 Å². The molecule has 42 heavy (non-hydrogen) atoms. The minimum absolute atomic E-state index is 0.169. The number of methoxy groups -OCH3 is 1. The number of benzene rings is 3. The highest BCUT2D eigenvalue weighted by Crippen LogP contribution is 2.43. The average Bonchev–Trinajstić information content (AvgIpc) is 3.42. The SMILES string of the molecule is COC(=O)[C@@](C)(OC(=O)N(CCO[Si](c1ccccc1)(c1ccccc1)C(C)(C)C)C(C)C)C1CCc2ccccc21. The molecule has 0 saturated carbocycles. The van der Waals surface area contributed by atoms with Crippen LogP contribution in [0.5, 0.6) is 0 Å². The summed E-state index contributed by atoms with van der Waals surface area (Å²) in [6, 6.07) is 28.7. The fourth-order valence-electron chi connectivity index (χ4n) is 6.45. The lowest BCUT2D eigenvalue weighted by Gasteiger charge is -2.43. The van der Waals surface area contributed by atoms with Gasteiger partial charge in [0.2, 0.25) is 5.60 Å². The number of ether oxygens (including phenoxy) is 2. The van der Waals surface area contributed by atoms with E-state index in [0.29, 0.717) is 19.6 Å². The van der Waals surface area contributed by atoms with Gasteiger partial charge in [-0.15, -0.1) is 0 Å². The van der Waals surface area contributed by atoms with Crippen LogP contribution in [0.15, 0.2) is 84.9 Å². The average molecular weight is 588 g/mol. The summed E-state index contributed by atoms with van der Waals surface area (Å²) in [7, 11) is -1.43. The summed E-state index contributed by atoms with van der Waals surface area (Å²) in [5.74, 6) is -0.836. The molecule has 7 heteroatoms. The second kappa shape index (κ2) is 12.8. The van der Waals surface area contributed by atoms with E-state index < -0.39 is 26.0 Å². The van der Waals surface area contributed by atoms with Crippen molar-refractivity contribution in [1.29, 1.82) is 0 Å². The van der Waals surface area contributed by atoms with Gasteiger partial charge in [-0.1, -0.05) is 106 Å². The molecule has 1 aliphatic rings. The molecule has 1 amide bonds. The molecular weight excluding hydrogens is 542 g/mol. The van der Waals surface area contributed by atoms with Gasteiger partial charge >= 0.3 is 12.1 Å². The standard InChI is InChI=1S/C35H45NO5Si/c1-26(2)36(33(38)41-35(6,32(37)39-7)31-23-22-27-16-14-15-21-30(27)31)24-25-40-42(34(3,4)5,28-17-10-8-11-18-28)29-19-12-9-13-20-29/h8-21,26,31H,22-25H2,1-7H3/t31?,35-/m0/s1. The number of aryl methyl sites for hydroxylation is 1. The van der Waals surface area contributed by atoms with Gasteiger partial charge in [-0.3, -0.25) is 0 Å². The molecule has 2 atom stereocenters. The Bertz CT molecular complexity index is 1320. The van der Waals surface area contributed by atoms with E-state index in [9.17, 15) is 9.59 Å². The third kappa shape index (κ3) is 6.04. The number of carbonyl (C=O) groups is 2. The van der Waals surface area contributed by atoms with Crippen LogP contribution < -0.4 is 10.4 Å². The van der Waals surface area contributed by atoms with E-state index >= 15 is 0 Å². The maximum atomic E-state index is 13.8. The Labute approximate surface area is 252 Å². The molecule has 0 aromatic heterocycles. The van der Waals surface area contributed by atoms with Crippen molar-refractivity contribution in [3.63, 3.8) is 0 Å². The number of nitrogens with zero attached hydrogens (tertiary/aromatic N) is 1. The Hall–Kier alpha value is -3.42. The number of hydrogen-bond acceptors (Lipinski definition) is 5. The summed E-state index contributed by atoms with van der Waals surface area (Å²) >= 11 is 0. The second-order valence-corrected chi connectivity index (χ2v) is 16.9. The number of esters is 1. The first kappa shape index (κ1) is 31.5. The molecule has 4 rings (SSSR count). The van der Waals surface area contributed by atoms with Crippen LogP contribution in [-0.2, 0) is 25.1 Å². The van der Waals surface area contributed by atoms with Gasteiger partial charge in [0.25, 0.3) is 8.32 Å². The van der Waals surface area contributed by atoms with Crippen LogP contribution in [0.25, 0.3) is 0 Å². The van der Waals surface area contributed by atoms with Crippen LogP contribution in [0.1, 0.15) is 65.0 Å². The van der Waals surface area contributed by atoms with Gasteiger partial charge in [-0.25, -0.2) is 9.59 Å². The fraction of sp³-hybridized carbons (Fsp3) is 0.429. The summed E-state index contributed by atoms with van der Waals surface area (Å²) in [5, 5.41) is 2.18. The molecule has 0 saturated heterocycles. The van der Waals surface area contributed by atoms with Crippen molar-refractivity contribution in [1.82, 2.24) is 4.90 Å². The summed E-state index contributed by atoms with van der Waals surface area (Å²) in [6.07, 6.45) is 0.982. The highest BCUT2D eigenvalue weighted by atomic mass is 28.4. The number of hydrogen-bond donors (Lipinski definition) is 0. The maximum absolute atomic E-state index is 13.8. The minimum atomic E-state index is -2.77. The zero-order valence-electron chi connectivity index (χ0n) is 26.1. The van der Waals surface area contributed by atoms with Crippen molar-refractivity contribution < 1.29 is 23.5 Å². The van der Waals surface area contributed by atoms with Crippen molar-refractivity contribution in [2.45, 2.75) is 77.0 Å². The van der Waals surface area contributed by atoms with Gasteiger partial charge in [0.05, 0.1) is 13.7 Å². The van der Waals surface area contributed by atoms with Crippen molar-refractivity contribution >= 4 is 30.8 Å². The smallest absolute Gasteiger partial charge is 0.411 e. The summed E-state index contributed by atoms with van der Waals surface area (Å²) < 4.78 is 18.4. The van der Waals surface area contributed by atoms with E-state index in [2.05, 4.69) is 75.4 Å². The summed E-state index contributed by atoms with van der Waals surface area (Å²) in [5.41, 5.74) is 0.752. The first-order chi connectivity index (χ1) is 20.0. The highest BCUT2D eigenvalue weighted by Gasteiger charge is 2.51. The first-order valence-electron chi connectivity index (χ1n) is 14.9. The van der Waals surface area contributed by atoms with E-state index in [0.717, 1.165) is 12.0 Å². The van der Waals surface area contributed by atoms with Crippen molar-refractivity contribution in [3.05, 3.63) is 96.1 Å². The third-order valence-electron chi connectivity index (χ3n) is 8.61. The van der Waals surface area contributed by atoms with E-state index in [1.54, 1.807) is 11.8 Å². The van der Waals surface area contributed by atoms with Crippen LogP contribution >= 0.6 is 0 Å². The van der Waals surface area contributed by atoms with Gasteiger partial charge in [-0.05, 0) is 60.2 Å². The monoisotopic (exact) mass is 587 g/mol.